The minimum Gasteiger partial charge on any atom is -0.462 e. The Balaban J connectivity index is 0.000000246. The lowest BCUT2D eigenvalue weighted by Crippen LogP contribution is -2.43. The number of ether oxygens (including phenoxy) is 1. The van der Waals surface area contributed by atoms with Crippen molar-refractivity contribution in [2.75, 3.05) is 31.1 Å². The molecule has 0 atom stereocenters. The number of pyridine rings is 1. The molecule has 0 spiro atoms. The van der Waals surface area contributed by atoms with E-state index in [4.69, 9.17) is 11.6 Å². The third kappa shape index (κ3) is 6.21. The van der Waals surface area contributed by atoms with Crippen LogP contribution in [-0.2, 0) is 9.53 Å². The SMILES string of the molecule is CC(C)(C)OC=O.Clc1ncccc1N1CCNCC1. The van der Waals surface area contributed by atoms with Crippen LogP contribution >= 0.6 is 11.6 Å². The van der Waals surface area contributed by atoms with Crippen molar-refractivity contribution < 1.29 is 9.53 Å². The molecule has 0 saturated carbocycles. The molecule has 0 unspecified atom stereocenters. The summed E-state index contributed by atoms with van der Waals surface area (Å²) in [6, 6.07) is 3.93. The molecule has 0 amide bonds. The van der Waals surface area contributed by atoms with Crippen molar-refractivity contribution in [1.82, 2.24) is 10.3 Å². The summed E-state index contributed by atoms with van der Waals surface area (Å²) in [4.78, 5) is 15.9. The molecule has 1 aliphatic rings. The lowest BCUT2D eigenvalue weighted by Gasteiger charge is -2.29. The molecular formula is C14H22ClN3O2. The van der Waals surface area contributed by atoms with Crippen LogP contribution in [0.3, 0.4) is 0 Å². The molecule has 0 aliphatic carbocycles. The quantitative estimate of drug-likeness (QED) is 0.669. The topological polar surface area (TPSA) is 54.5 Å². The van der Waals surface area contributed by atoms with E-state index in [1.165, 1.54) is 0 Å². The van der Waals surface area contributed by atoms with Crippen LogP contribution in [0.4, 0.5) is 5.69 Å². The minimum atomic E-state index is -0.318. The van der Waals surface area contributed by atoms with Gasteiger partial charge in [0.15, 0.2) is 5.15 Å². The average Bonchev–Trinajstić information content (AvgIpc) is 2.40. The maximum Gasteiger partial charge on any atom is 0.293 e. The largest absolute Gasteiger partial charge is 0.462 e. The number of halogens is 1. The van der Waals surface area contributed by atoms with Crippen molar-refractivity contribution in [3.05, 3.63) is 23.5 Å². The lowest BCUT2D eigenvalue weighted by molar-refractivity contribution is -0.138. The highest BCUT2D eigenvalue weighted by molar-refractivity contribution is 6.32. The smallest absolute Gasteiger partial charge is 0.293 e. The van der Waals surface area contributed by atoms with Crippen molar-refractivity contribution in [3.63, 3.8) is 0 Å². The van der Waals surface area contributed by atoms with Gasteiger partial charge >= 0.3 is 0 Å². The Morgan fingerprint density at radius 3 is 2.50 bits per heavy atom. The second-order valence-corrected chi connectivity index (χ2v) is 5.73. The Hall–Kier alpha value is -1.33. The van der Waals surface area contributed by atoms with Crippen LogP contribution in [-0.4, -0.2) is 43.2 Å². The zero-order chi connectivity index (χ0) is 15.0. The summed E-state index contributed by atoms with van der Waals surface area (Å²) < 4.78 is 4.55. The fourth-order valence-corrected chi connectivity index (χ4v) is 1.90. The number of hydrogen-bond donors (Lipinski definition) is 1. The van der Waals surface area contributed by atoms with E-state index in [9.17, 15) is 4.79 Å². The van der Waals surface area contributed by atoms with Gasteiger partial charge in [0.1, 0.15) is 5.60 Å². The third-order valence-electron chi connectivity index (χ3n) is 2.60. The first-order chi connectivity index (χ1) is 9.44. The second kappa shape index (κ2) is 8.07. The first-order valence-corrected chi connectivity index (χ1v) is 6.99. The van der Waals surface area contributed by atoms with E-state index < -0.39 is 0 Å². The summed E-state index contributed by atoms with van der Waals surface area (Å²) in [5.74, 6) is 0. The van der Waals surface area contributed by atoms with E-state index in [0.717, 1.165) is 31.9 Å². The normalized spacial score (nSPS) is 15.1. The predicted molar refractivity (Wildman–Crippen MR) is 81.2 cm³/mol. The lowest BCUT2D eigenvalue weighted by atomic mass is 10.2. The van der Waals surface area contributed by atoms with Crippen molar-refractivity contribution in [2.45, 2.75) is 26.4 Å². The van der Waals surface area contributed by atoms with Crippen molar-refractivity contribution in [3.8, 4) is 0 Å². The molecular weight excluding hydrogens is 278 g/mol. The summed E-state index contributed by atoms with van der Waals surface area (Å²) >= 11 is 5.98. The van der Waals surface area contributed by atoms with Gasteiger partial charge in [-0.25, -0.2) is 4.98 Å². The molecule has 5 nitrogen and oxygen atoms in total. The van der Waals surface area contributed by atoms with Crippen LogP contribution in [0.25, 0.3) is 0 Å². The van der Waals surface area contributed by atoms with Crippen LogP contribution < -0.4 is 10.2 Å². The Kier molecular flexibility index (Phi) is 6.75. The molecule has 6 heteroatoms. The highest BCUT2D eigenvalue weighted by Gasteiger charge is 2.12. The highest BCUT2D eigenvalue weighted by Crippen LogP contribution is 2.22. The van der Waals surface area contributed by atoms with Gasteiger partial charge in [-0.1, -0.05) is 11.6 Å². The van der Waals surface area contributed by atoms with Gasteiger partial charge in [-0.2, -0.15) is 0 Å². The Morgan fingerprint density at radius 1 is 1.40 bits per heavy atom. The average molecular weight is 300 g/mol. The highest BCUT2D eigenvalue weighted by atomic mass is 35.5. The zero-order valence-corrected chi connectivity index (χ0v) is 13.0. The van der Waals surface area contributed by atoms with Gasteiger partial charge < -0.3 is 15.0 Å². The van der Waals surface area contributed by atoms with Gasteiger partial charge in [0.25, 0.3) is 6.47 Å². The second-order valence-electron chi connectivity index (χ2n) is 5.38. The van der Waals surface area contributed by atoms with E-state index in [2.05, 4.69) is 19.9 Å². The standard InChI is InChI=1S/C9H12ClN3.C5H10O2/c10-9-8(2-1-3-12-9)13-6-4-11-5-7-13;1-5(2,3)7-4-6/h1-3,11H,4-7H2;4H,1-3H3. The Bertz CT molecular complexity index is 415. The van der Waals surface area contributed by atoms with Gasteiger partial charge in [0.05, 0.1) is 5.69 Å². The van der Waals surface area contributed by atoms with Crippen molar-refractivity contribution >= 4 is 23.8 Å². The van der Waals surface area contributed by atoms with Crippen LogP contribution in [0.15, 0.2) is 18.3 Å². The zero-order valence-electron chi connectivity index (χ0n) is 12.2. The minimum absolute atomic E-state index is 0.318. The number of nitrogens with zero attached hydrogens (tertiary/aromatic N) is 2. The molecule has 112 valence electrons. The van der Waals surface area contributed by atoms with Gasteiger partial charge in [0.2, 0.25) is 0 Å². The van der Waals surface area contributed by atoms with Gasteiger partial charge in [0, 0.05) is 32.4 Å². The van der Waals surface area contributed by atoms with Crippen LogP contribution in [0, 0.1) is 0 Å². The number of aromatic nitrogens is 1. The number of anilines is 1. The predicted octanol–water partition coefficient (Wildman–Crippen LogP) is 2.10. The summed E-state index contributed by atoms with van der Waals surface area (Å²) in [6.45, 7) is 9.97. The molecule has 2 heterocycles. The molecule has 0 aromatic carbocycles. The van der Waals surface area contributed by atoms with E-state index in [1.807, 2.05) is 32.9 Å². The summed E-state index contributed by atoms with van der Waals surface area (Å²) in [5, 5.41) is 3.90. The fourth-order valence-electron chi connectivity index (χ4n) is 1.66. The number of rotatable bonds is 2. The molecule has 1 aliphatic heterocycles. The van der Waals surface area contributed by atoms with Crippen molar-refractivity contribution in [1.29, 1.82) is 0 Å². The third-order valence-corrected chi connectivity index (χ3v) is 2.89. The monoisotopic (exact) mass is 299 g/mol. The van der Waals surface area contributed by atoms with E-state index in [-0.39, 0.29) is 5.60 Å². The molecule has 1 N–H and O–H groups in total. The van der Waals surface area contributed by atoms with Gasteiger partial charge in [-0.15, -0.1) is 0 Å². The number of carbonyl (C=O) groups excluding carboxylic acids is 1. The first kappa shape index (κ1) is 16.7. The fraction of sp³-hybridized carbons (Fsp3) is 0.571. The Morgan fingerprint density at radius 2 is 2.05 bits per heavy atom. The van der Waals surface area contributed by atoms with E-state index in [1.54, 1.807) is 6.20 Å². The number of nitrogens with one attached hydrogen (secondary N) is 1. The first-order valence-electron chi connectivity index (χ1n) is 6.61. The van der Waals surface area contributed by atoms with Crippen molar-refractivity contribution in [2.24, 2.45) is 0 Å². The number of piperazine rings is 1. The summed E-state index contributed by atoms with van der Waals surface area (Å²) in [5.41, 5.74) is 0.729. The van der Waals surface area contributed by atoms with Gasteiger partial charge in [-0.3, -0.25) is 4.79 Å². The number of hydrogen-bond acceptors (Lipinski definition) is 5. The maximum atomic E-state index is 9.60. The molecule has 2 rings (SSSR count). The molecule has 0 bridgehead atoms. The molecule has 1 aromatic heterocycles. The van der Waals surface area contributed by atoms with Gasteiger partial charge in [-0.05, 0) is 32.9 Å². The molecule has 20 heavy (non-hydrogen) atoms. The number of carbonyl (C=O) groups is 1. The summed E-state index contributed by atoms with van der Waals surface area (Å²) in [7, 11) is 0. The Labute approximate surface area is 125 Å². The summed E-state index contributed by atoms with van der Waals surface area (Å²) in [6.07, 6.45) is 1.72. The molecule has 1 fully saturated rings. The van der Waals surface area contributed by atoms with Crippen LogP contribution in [0.1, 0.15) is 20.8 Å². The molecule has 1 saturated heterocycles. The van der Waals surface area contributed by atoms with E-state index >= 15 is 0 Å². The molecule has 0 radical (unpaired) electrons. The van der Waals surface area contributed by atoms with Crippen LogP contribution in [0.5, 0.6) is 0 Å². The molecule has 1 aromatic rings. The van der Waals surface area contributed by atoms with Crippen LogP contribution in [0.2, 0.25) is 5.15 Å². The maximum absolute atomic E-state index is 9.60. The van der Waals surface area contributed by atoms with E-state index in [0.29, 0.717) is 11.6 Å².